The molecule has 5 aliphatic rings. The summed E-state index contributed by atoms with van der Waals surface area (Å²) < 4.78 is 0. The van der Waals surface area contributed by atoms with E-state index in [1.807, 2.05) is 0 Å². The molecule has 12 rings (SSSR count). The van der Waals surface area contributed by atoms with E-state index in [9.17, 15) is 0 Å². The summed E-state index contributed by atoms with van der Waals surface area (Å²) >= 11 is 0. The van der Waals surface area contributed by atoms with E-state index < -0.39 is 0 Å². The van der Waals surface area contributed by atoms with Crippen LogP contribution in [0.15, 0.2) is 170 Å². The minimum atomic E-state index is -0.0911. The molecule has 7 aromatic carbocycles. The lowest BCUT2D eigenvalue weighted by Gasteiger charge is -2.57. The van der Waals surface area contributed by atoms with E-state index in [0.29, 0.717) is 5.41 Å². The number of anilines is 3. The average Bonchev–Trinajstić information content (AvgIpc) is 3.47. The van der Waals surface area contributed by atoms with Gasteiger partial charge in [0.2, 0.25) is 0 Å². The highest BCUT2D eigenvalue weighted by molar-refractivity contribution is 5.90. The van der Waals surface area contributed by atoms with E-state index in [1.54, 1.807) is 5.56 Å². The fraction of sp³-hybridized carbons (Fsp3) is 0.236. The van der Waals surface area contributed by atoms with Gasteiger partial charge in [-0.15, -0.1) is 0 Å². The van der Waals surface area contributed by atoms with Crippen LogP contribution in [0.1, 0.15) is 69.1 Å². The van der Waals surface area contributed by atoms with Gasteiger partial charge in [0.05, 0.1) is 0 Å². The van der Waals surface area contributed by atoms with Gasteiger partial charge >= 0.3 is 0 Å². The summed E-state index contributed by atoms with van der Waals surface area (Å²) in [5, 5.41) is 0. The van der Waals surface area contributed by atoms with Gasteiger partial charge in [-0.2, -0.15) is 0 Å². The Morgan fingerprint density at radius 2 is 0.875 bits per heavy atom. The van der Waals surface area contributed by atoms with Crippen molar-refractivity contribution >= 4 is 17.1 Å². The molecule has 0 heterocycles. The molecule has 1 nitrogen and oxygen atoms in total. The molecule has 7 aromatic rings. The van der Waals surface area contributed by atoms with Crippen molar-refractivity contribution in [2.45, 2.75) is 63.2 Å². The Balaban J connectivity index is 1.00. The van der Waals surface area contributed by atoms with Crippen LogP contribution in [0.25, 0.3) is 44.5 Å². The summed E-state index contributed by atoms with van der Waals surface area (Å²) in [4.78, 5) is 2.46. The first kappa shape index (κ1) is 33.7. The van der Waals surface area contributed by atoms with E-state index in [-0.39, 0.29) is 5.41 Å². The second kappa shape index (κ2) is 13.0. The van der Waals surface area contributed by atoms with Gasteiger partial charge in [-0.25, -0.2) is 0 Å². The number of fused-ring (bicyclic) bond motifs is 3. The number of rotatable bonds is 7. The second-order valence-electron chi connectivity index (χ2n) is 18.0. The summed E-state index contributed by atoms with van der Waals surface area (Å²) in [6.45, 7) is 4.74. The van der Waals surface area contributed by atoms with Gasteiger partial charge in [0.1, 0.15) is 0 Å². The van der Waals surface area contributed by atoms with Gasteiger partial charge in [-0.1, -0.05) is 147 Å². The highest BCUT2D eigenvalue weighted by Crippen LogP contribution is 2.61. The van der Waals surface area contributed by atoms with Gasteiger partial charge in [0.15, 0.2) is 0 Å². The summed E-state index contributed by atoms with van der Waals surface area (Å²) in [7, 11) is 0. The number of nitrogens with zero attached hydrogens (tertiary/aromatic N) is 1. The van der Waals surface area contributed by atoms with Crippen molar-refractivity contribution in [2.75, 3.05) is 4.90 Å². The van der Waals surface area contributed by atoms with Crippen LogP contribution in [0, 0.1) is 17.8 Å². The molecule has 274 valence electrons. The predicted molar refractivity (Wildman–Crippen MR) is 235 cm³/mol. The first-order chi connectivity index (χ1) is 27.4. The Morgan fingerprint density at radius 1 is 0.393 bits per heavy atom. The Kier molecular flexibility index (Phi) is 7.79. The van der Waals surface area contributed by atoms with Crippen molar-refractivity contribution in [2.24, 2.45) is 17.8 Å². The minimum absolute atomic E-state index is 0.0911. The van der Waals surface area contributed by atoms with Gasteiger partial charge < -0.3 is 4.90 Å². The molecule has 0 N–H and O–H groups in total. The Labute approximate surface area is 332 Å². The van der Waals surface area contributed by atoms with E-state index in [4.69, 9.17) is 0 Å². The third-order valence-corrected chi connectivity index (χ3v) is 14.3. The van der Waals surface area contributed by atoms with Crippen molar-refractivity contribution in [1.29, 1.82) is 0 Å². The molecule has 0 spiro atoms. The SMILES string of the molecule is CC1(C)c2ccccc2-c2ccc(N(c3ccc(-c4ccc(C56CC7CC(CC(C7)C5)C6)cc4)cc3)c3ccc(-c4ccccc4)c(-c4ccccc4)c3)cc21. The molecule has 0 saturated heterocycles. The molecular formula is C55H49N. The van der Waals surface area contributed by atoms with Crippen molar-refractivity contribution in [3.63, 3.8) is 0 Å². The van der Waals surface area contributed by atoms with Crippen molar-refractivity contribution < 1.29 is 0 Å². The zero-order valence-electron chi connectivity index (χ0n) is 32.6. The monoisotopic (exact) mass is 723 g/mol. The molecule has 0 radical (unpaired) electrons. The molecule has 0 aromatic heterocycles. The first-order valence-corrected chi connectivity index (χ1v) is 20.9. The highest BCUT2D eigenvalue weighted by Gasteiger charge is 2.51. The minimum Gasteiger partial charge on any atom is -0.310 e. The highest BCUT2D eigenvalue weighted by atomic mass is 15.1. The fourth-order valence-electron chi connectivity index (χ4n) is 12.0. The largest absolute Gasteiger partial charge is 0.310 e. The van der Waals surface area contributed by atoms with Crippen LogP contribution in [0.5, 0.6) is 0 Å². The molecule has 1 heteroatoms. The molecular weight excluding hydrogens is 675 g/mol. The number of hydrogen-bond acceptors (Lipinski definition) is 1. The molecule has 5 aliphatic carbocycles. The van der Waals surface area contributed by atoms with Crippen molar-refractivity contribution in [1.82, 2.24) is 0 Å². The lowest BCUT2D eigenvalue weighted by atomic mass is 9.48. The predicted octanol–water partition coefficient (Wildman–Crippen LogP) is 14.9. The quantitative estimate of drug-likeness (QED) is 0.158. The summed E-state index contributed by atoms with van der Waals surface area (Å²) in [6.07, 6.45) is 8.69. The molecule has 4 saturated carbocycles. The maximum atomic E-state index is 2.48. The number of benzene rings is 7. The van der Waals surface area contributed by atoms with E-state index in [1.165, 1.54) is 99.8 Å². The molecule has 0 unspecified atom stereocenters. The van der Waals surface area contributed by atoms with Crippen LogP contribution in [0.3, 0.4) is 0 Å². The van der Waals surface area contributed by atoms with Crippen molar-refractivity contribution in [3.8, 4) is 44.5 Å². The average molecular weight is 724 g/mol. The van der Waals surface area contributed by atoms with Gasteiger partial charge in [0, 0.05) is 22.5 Å². The fourth-order valence-corrected chi connectivity index (χ4v) is 12.0. The van der Waals surface area contributed by atoms with Crippen LogP contribution < -0.4 is 4.90 Å². The zero-order valence-corrected chi connectivity index (χ0v) is 32.6. The lowest BCUT2D eigenvalue weighted by Crippen LogP contribution is -2.48. The van der Waals surface area contributed by atoms with Crippen LogP contribution in [-0.4, -0.2) is 0 Å². The van der Waals surface area contributed by atoms with Crippen molar-refractivity contribution in [3.05, 3.63) is 187 Å². The lowest BCUT2D eigenvalue weighted by molar-refractivity contribution is -0.00518. The smallest absolute Gasteiger partial charge is 0.0468 e. The van der Waals surface area contributed by atoms with E-state index in [0.717, 1.165) is 29.1 Å². The maximum Gasteiger partial charge on any atom is 0.0468 e. The van der Waals surface area contributed by atoms with Gasteiger partial charge in [-0.3, -0.25) is 0 Å². The topological polar surface area (TPSA) is 3.24 Å². The van der Waals surface area contributed by atoms with Crippen LogP contribution >= 0.6 is 0 Å². The molecule has 0 atom stereocenters. The standard InChI is InChI=1S/C55H49N/c1-54(2)52-16-10-9-15-49(52)50-28-26-47(33-53(50)54)56(46-25-27-48(42-11-5-3-6-12-42)51(32-46)43-13-7-4-8-14-43)45-23-19-41(20-24-45)40-17-21-44(22-18-40)55-34-37-29-38(35-55)31-39(30-37)36-55/h3-28,32-33,37-39H,29-31,34-36H2,1-2H3. The molecule has 4 bridgehead atoms. The third kappa shape index (κ3) is 5.50. The Hall–Kier alpha value is -5.66. The third-order valence-electron chi connectivity index (χ3n) is 14.3. The van der Waals surface area contributed by atoms with Gasteiger partial charge in [-0.05, 0) is 159 Å². The second-order valence-corrected chi connectivity index (χ2v) is 18.0. The molecule has 0 aliphatic heterocycles. The Morgan fingerprint density at radius 3 is 1.50 bits per heavy atom. The normalized spacial score (nSPS) is 22.4. The first-order valence-electron chi connectivity index (χ1n) is 20.9. The van der Waals surface area contributed by atoms with Gasteiger partial charge in [0.25, 0.3) is 0 Å². The summed E-state index contributed by atoms with van der Waals surface area (Å²) in [5.74, 6) is 2.88. The van der Waals surface area contributed by atoms with Crippen LogP contribution in [-0.2, 0) is 10.8 Å². The zero-order chi connectivity index (χ0) is 37.4. The Bertz CT molecular complexity index is 2530. The van der Waals surface area contributed by atoms with E-state index >= 15 is 0 Å². The number of hydrogen-bond donors (Lipinski definition) is 0. The summed E-state index contributed by atoms with van der Waals surface area (Å²) in [5.41, 5.74) is 18.3. The molecule has 0 amide bonds. The summed E-state index contributed by atoms with van der Waals surface area (Å²) in [6, 6.07) is 63.7. The maximum absolute atomic E-state index is 2.48. The molecule has 56 heavy (non-hydrogen) atoms. The van der Waals surface area contributed by atoms with Crippen LogP contribution in [0.2, 0.25) is 0 Å². The van der Waals surface area contributed by atoms with E-state index in [2.05, 4.69) is 189 Å². The van der Waals surface area contributed by atoms with Crippen LogP contribution in [0.4, 0.5) is 17.1 Å². The molecule has 4 fully saturated rings.